The maximum absolute atomic E-state index is 11.8. The minimum atomic E-state index is -4.85. The molecule has 68 valence electrons. The lowest BCUT2D eigenvalue weighted by atomic mass is 9.77. The molecule has 0 aromatic heterocycles. The number of nitrogens with two attached hydrogens (primary N) is 2. The van der Waals surface area contributed by atoms with Crippen molar-refractivity contribution in [2.24, 2.45) is 11.5 Å². The van der Waals surface area contributed by atoms with E-state index in [1.807, 2.05) is 0 Å². The van der Waals surface area contributed by atoms with Gasteiger partial charge in [-0.3, -0.25) is 0 Å². The van der Waals surface area contributed by atoms with Crippen LogP contribution in [0.2, 0.25) is 0 Å². The molecular formula is C5H13BF3N2-. The first-order valence-electron chi connectivity index (χ1n) is 3.64. The zero-order valence-corrected chi connectivity index (χ0v) is 6.27. The monoisotopic (exact) mass is 169 g/mol. The van der Waals surface area contributed by atoms with Crippen molar-refractivity contribution < 1.29 is 12.9 Å². The van der Waals surface area contributed by atoms with E-state index in [4.69, 9.17) is 11.5 Å². The Hall–Kier alpha value is -0.225. The summed E-state index contributed by atoms with van der Waals surface area (Å²) in [4.78, 5) is 0. The van der Waals surface area contributed by atoms with Crippen LogP contribution in [0.1, 0.15) is 19.3 Å². The molecule has 6 heteroatoms. The van der Waals surface area contributed by atoms with E-state index >= 15 is 0 Å². The van der Waals surface area contributed by atoms with Crippen molar-refractivity contribution in [2.75, 3.05) is 6.54 Å². The van der Waals surface area contributed by atoms with Crippen LogP contribution in [0.15, 0.2) is 0 Å². The summed E-state index contributed by atoms with van der Waals surface area (Å²) in [6.07, 6.45) is 1.07. The predicted octanol–water partition coefficient (Wildman–Crippen LogP) is 0.829. The van der Waals surface area contributed by atoms with Crippen LogP contribution in [-0.2, 0) is 0 Å². The molecule has 0 spiro atoms. The molecule has 0 fully saturated rings. The van der Waals surface area contributed by atoms with E-state index in [9.17, 15) is 12.9 Å². The van der Waals surface area contributed by atoms with Gasteiger partial charge in [-0.15, -0.1) is 0 Å². The fourth-order valence-corrected chi connectivity index (χ4v) is 0.713. The van der Waals surface area contributed by atoms with Gasteiger partial charge < -0.3 is 24.4 Å². The quantitative estimate of drug-likeness (QED) is 0.473. The summed E-state index contributed by atoms with van der Waals surface area (Å²) < 4.78 is 35.3. The molecule has 0 aliphatic carbocycles. The highest BCUT2D eigenvalue weighted by Gasteiger charge is 2.30. The van der Waals surface area contributed by atoms with Gasteiger partial charge in [0.2, 0.25) is 0 Å². The van der Waals surface area contributed by atoms with E-state index in [2.05, 4.69) is 0 Å². The van der Waals surface area contributed by atoms with Crippen LogP contribution in [0.3, 0.4) is 0 Å². The summed E-state index contributed by atoms with van der Waals surface area (Å²) in [5, 5.41) is 0. The molecule has 1 unspecified atom stereocenters. The maximum atomic E-state index is 11.8. The Morgan fingerprint density at radius 1 is 1.18 bits per heavy atom. The Labute approximate surface area is 64.2 Å². The molecule has 11 heavy (non-hydrogen) atoms. The first-order chi connectivity index (χ1) is 4.98. The lowest BCUT2D eigenvalue weighted by Gasteiger charge is -2.21. The van der Waals surface area contributed by atoms with Crippen molar-refractivity contribution >= 4 is 6.98 Å². The van der Waals surface area contributed by atoms with Gasteiger partial charge in [-0.25, -0.2) is 0 Å². The summed E-state index contributed by atoms with van der Waals surface area (Å²) in [6.45, 7) is -4.42. The number of unbranched alkanes of at least 4 members (excludes halogenated alkanes) is 1. The van der Waals surface area contributed by atoms with Crippen LogP contribution < -0.4 is 11.5 Å². The highest BCUT2D eigenvalue weighted by Crippen LogP contribution is 2.16. The van der Waals surface area contributed by atoms with Gasteiger partial charge >= 0.3 is 6.98 Å². The molecule has 0 saturated heterocycles. The lowest BCUT2D eigenvalue weighted by Crippen LogP contribution is -2.42. The van der Waals surface area contributed by atoms with Crippen LogP contribution in [0, 0.1) is 0 Å². The summed E-state index contributed by atoms with van der Waals surface area (Å²) >= 11 is 0. The van der Waals surface area contributed by atoms with Gasteiger partial charge in [0.15, 0.2) is 0 Å². The molecule has 0 aliphatic rings. The van der Waals surface area contributed by atoms with Crippen molar-refractivity contribution in [1.29, 1.82) is 0 Å². The van der Waals surface area contributed by atoms with Gasteiger partial charge in [0.1, 0.15) is 0 Å². The Morgan fingerprint density at radius 3 is 2.09 bits per heavy atom. The zero-order valence-electron chi connectivity index (χ0n) is 6.27. The first-order valence-corrected chi connectivity index (χ1v) is 3.64. The molecule has 0 heterocycles. The first kappa shape index (κ1) is 10.8. The topological polar surface area (TPSA) is 52.0 Å². The van der Waals surface area contributed by atoms with Gasteiger partial charge in [-0.05, 0) is 18.9 Å². The van der Waals surface area contributed by atoms with Gasteiger partial charge in [0.25, 0.3) is 0 Å². The third-order valence-electron chi connectivity index (χ3n) is 1.48. The Morgan fingerprint density at radius 2 is 1.73 bits per heavy atom. The minimum absolute atomic E-state index is 0.000694. The van der Waals surface area contributed by atoms with E-state index < -0.39 is 12.9 Å². The van der Waals surface area contributed by atoms with Crippen LogP contribution in [0.25, 0.3) is 0 Å². The molecule has 1 atom stereocenters. The maximum Gasteiger partial charge on any atom is 0.494 e. The van der Waals surface area contributed by atoms with Gasteiger partial charge in [-0.1, -0.05) is 12.8 Å². The number of halogens is 3. The molecule has 0 aromatic carbocycles. The van der Waals surface area contributed by atoms with Crippen LogP contribution in [-0.4, -0.2) is 19.5 Å². The standard InChI is InChI=1S/C5H13BF3N2/c7-6(8,9)5(11)3-1-2-4-10/h5H,1-4,10-11H2/q-1. The van der Waals surface area contributed by atoms with Gasteiger partial charge in [0.05, 0.1) is 0 Å². The van der Waals surface area contributed by atoms with E-state index in [-0.39, 0.29) is 6.42 Å². The highest BCUT2D eigenvalue weighted by atomic mass is 19.4. The Bertz CT molecular complexity index is 106. The van der Waals surface area contributed by atoms with Crippen molar-refractivity contribution in [3.63, 3.8) is 0 Å². The third kappa shape index (κ3) is 5.09. The highest BCUT2D eigenvalue weighted by molar-refractivity contribution is 6.60. The second-order valence-corrected chi connectivity index (χ2v) is 2.57. The minimum Gasteiger partial charge on any atom is -0.448 e. The molecule has 4 N–H and O–H groups in total. The normalized spacial score (nSPS) is 15.0. The second-order valence-electron chi connectivity index (χ2n) is 2.57. The van der Waals surface area contributed by atoms with E-state index in [1.54, 1.807) is 0 Å². The van der Waals surface area contributed by atoms with Crippen LogP contribution >= 0.6 is 0 Å². The smallest absolute Gasteiger partial charge is 0.448 e. The SMILES string of the molecule is NCCCCC(N)[B-](F)(F)F. The Balaban J connectivity index is 3.44. The van der Waals surface area contributed by atoms with Crippen molar-refractivity contribution in [3.05, 3.63) is 0 Å². The summed E-state index contributed by atoms with van der Waals surface area (Å²) in [7, 11) is 0. The van der Waals surface area contributed by atoms with Gasteiger partial charge in [-0.2, -0.15) is 0 Å². The second kappa shape index (κ2) is 4.61. The molecule has 0 saturated carbocycles. The van der Waals surface area contributed by atoms with E-state index in [0.29, 0.717) is 19.4 Å². The largest absolute Gasteiger partial charge is 0.494 e. The fraction of sp³-hybridized carbons (Fsp3) is 1.00. The average Bonchev–Trinajstić information content (AvgIpc) is 1.86. The Kier molecular flexibility index (Phi) is 4.52. The lowest BCUT2D eigenvalue weighted by molar-refractivity contribution is 0.423. The molecular weight excluding hydrogens is 156 g/mol. The van der Waals surface area contributed by atoms with Crippen molar-refractivity contribution in [2.45, 2.75) is 25.2 Å². The average molecular weight is 169 g/mol. The molecule has 0 radical (unpaired) electrons. The molecule has 0 bridgehead atoms. The number of rotatable bonds is 5. The molecule has 0 rings (SSSR count). The molecule has 2 nitrogen and oxygen atoms in total. The van der Waals surface area contributed by atoms with Crippen molar-refractivity contribution in [1.82, 2.24) is 0 Å². The zero-order chi connectivity index (χ0) is 8.91. The van der Waals surface area contributed by atoms with Gasteiger partial charge in [0, 0.05) is 0 Å². The number of hydrogen-bond acceptors (Lipinski definition) is 2. The van der Waals surface area contributed by atoms with Crippen molar-refractivity contribution in [3.8, 4) is 0 Å². The third-order valence-corrected chi connectivity index (χ3v) is 1.48. The molecule has 0 aromatic rings. The molecule has 0 amide bonds. The predicted molar refractivity (Wildman–Crippen MR) is 40.0 cm³/mol. The van der Waals surface area contributed by atoms with E-state index in [0.717, 1.165) is 0 Å². The van der Waals surface area contributed by atoms with Crippen LogP contribution in [0.4, 0.5) is 12.9 Å². The fourth-order valence-electron chi connectivity index (χ4n) is 0.713. The summed E-state index contributed by atoms with van der Waals surface area (Å²) in [5.41, 5.74) is 9.96. The summed E-state index contributed by atoms with van der Waals surface area (Å²) in [5.74, 6) is -1.62. The van der Waals surface area contributed by atoms with Crippen LogP contribution in [0.5, 0.6) is 0 Å². The number of hydrogen-bond donors (Lipinski definition) is 2. The van der Waals surface area contributed by atoms with E-state index in [1.165, 1.54) is 0 Å². The molecule has 0 aliphatic heterocycles. The summed E-state index contributed by atoms with van der Waals surface area (Å²) in [6, 6.07) is 0.